The molecule has 1 unspecified atom stereocenters. The fraction of sp³-hybridized carbons (Fsp3) is 0.300. The molecule has 1 aliphatic rings. The zero-order valence-electron chi connectivity index (χ0n) is 14.3. The van der Waals surface area contributed by atoms with Gasteiger partial charge >= 0.3 is 0 Å². The van der Waals surface area contributed by atoms with Crippen molar-refractivity contribution in [2.24, 2.45) is 0 Å². The number of nitrogens with one attached hydrogen (secondary N) is 1. The summed E-state index contributed by atoms with van der Waals surface area (Å²) in [5.41, 5.74) is 3.09. The average Bonchev–Trinajstić information content (AvgIpc) is 3.13. The molecule has 3 rings (SSSR count). The van der Waals surface area contributed by atoms with Gasteiger partial charge in [-0.05, 0) is 36.6 Å². The molecular formula is C20H22N2O2S. The molecule has 130 valence electrons. The summed E-state index contributed by atoms with van der Waals surface area (Å²) in [4.78, 5) is 26.9. The molecule has 1 saturated heterocycles. The lowest BCUT2D eigenvalue weighted by Gasteiger charge is -2.23. The van der Waals surface area contributed by atoms with E-state index in [0.29, 0.717) is 23.7 Å². The Morgan fingerprint density at radius 2 is 1.84 bits per heavy atom. The van der Waals surface area contributed by atoms with E-state index in [4.69, 9.17) is 0 Å². The highest BCUT2D eigenvalue weighted by Gasteiger charge is 2.34. The molecule has 4 nitrogen and oxygen atoms in total. The Labute approximate surface area is 152 Å². The minimum absolute atomic E-state index is 0.0668. The predicted molar refractivity (Wildman–Crippen MR) is 102 cm³/mol. The number of hydrogen-bond donors (Lipinski definition) is 1. The first-order chi connectivity index (χ1) is 12.2. The molecule has 0 saturated carbocycles. The van der Waals surface area contributed by atoms with Gasteiger partial charge in [-0.1, -0.05) is 42.5 Å². The second-order valence-electron chi connectivity index (χ2n) is 6.12. The highest BCUT2D eigenvalue weighted by Crippen LogP contribution is 2.23. The monoisotopic (exact) mass is 354 g/mol. The molecule has 0 radical (unpaired) electrons. The standard InChI is InChI=1S/C20H22N2O2S/c1-15-7-5-6-8-16(15)11-12-21-19(23)18-13-25-14-22(18)20(24)17-9-3-2-4-10-17/h2-10,18H,11-14H2,1H3,(H,21,23). The van der Waals surface area contributed by atoms with Crippen LogP contribution in [0.1, 0.15) is 21.5 Å². The molecule has 1 aliphatic heterocycles. The molecule has 1 N–H and O–H groups in total. The quantitative estimate of drug-likeness (QED) is 0.898. The molecule has 2 aromatic rings. The van der Waals surface area contributed by atoms with E-state index < -0.39 is 6.04 Å². The van der Waals surface area contributed by atoms with Crippen LogP contribution in [-0.2, 0) is 11.2 Å². The summed E-state index contributed by atoms with van der Waals surface area (Å²) in [6, 6.07) is 16.9. The summed E-state index contributed by atoms with van der Waals surface area (Å²) < 4.78 is 0. The van der Waals surface area contributed by atoms with Crippen molar-refractivity contribution < 1.29 is 9.59 Å². The second kappa shape index (κ2) is 8.21. The molecule has 1 fully saturated rings. The van der Waals surface area contributed by atoms with Gasteiger partial charge in [0.25, 0.3) is 5.91 Å². The molecular weight excluding hydrogens is 332 g/mol. The van der Waals surface area contributed by atoms with Crippen LogP contribution in [0.4, 0.5) is 0 Å². The highest BCUT2D eigenvalue weighted by atomic mass is 32.2. The topological polar surface area (TPSA) is 49.4 Å². The smallest absolute Gasteiger partial charge is 0.255 e. The summed E-state index contributed by atoms with van der Waals surface area (Å²) >= 11 is 1.62. The first-order valence-electron chi connectivity index (χ1n) is 8.43. The number of benzene rings is 2. The van der Waals surface area contributed by atoms with E-state index in [1.165, 1.54) is 11.1 Å². The van der Waals surface area contributed by atoms with E-state index >= 15 is 0 Å². The third kappa shape index (κ3) is 4.23. The van der Waals surface area contributed by atoms with Crippen molar-refractivity contribution >= 4 is 23.6 Å². The molecule has 0 aromatic heterocycles. The van der Waals surface area contributed by atoms with Gasteiger partial charge in [0, 0.05) is 17.9 Å². The third-order valence-electron chi connectivity index (χ3n) is 4.42. The van der Waals surface area contributed by atoms with Crippen molar-refractivity contribution in [2.75, 3.05) is 18.2 Å². The van der Waals surface area contributed by atoms with Crippen LogP contribution < -0.4 is 5.32 Å². The Balaban J connectivity index is 1.57. The SMILES string of the molecule is Cc1ccccc1CCNC(=O)C1CSCN1C(=O)c1ccccc1. The van der Waals surface area contributed by atoms with E-state index in [2.05, 4.69) is 24.4 Å². The van der Waals surface area contributed by atoms with Gasteiger partial charge in [0.1, 0.15) is 6.04 Å². The van der Waals surface area contributed by atoms with Gasteiger partial charge in [0.2, 0.25) is 5.91 Å². The van der Waals surface area contributed by atoms with E-state index in [1.807, 2.05) is 30.3 Å². The van der Waals surface area contributed by atoms with Gasteiger partial charge in [0.15, 0.2) is 0 Å². The Morgan fingerprint density at radius 3 is 2.60 bits per heavy atom. The van der Waals surface area contributed by atoms with E-state index in [9.17, 15) is 9.59 Å². The van der Waals surface area contributed by atoms with Crippen LogP contribution >= 0.6 is 11.8 Å². The average molecular weight is 354 g/mol. The largest absolute Gasteiger partial charge is 0.354 e. The first kappa shape index (κ1) is 17.5. The minimum atomic E-state index is -0.394. The Bertz CT molecular complexity index is 748. The highest BCUT2D eigenvalue weighted by molar-refractivity contribution is 7.99. The maximum atomic E-state index is 12.6. The van der Waals surface area contributed by atoms with Crippen molar-refractivity contribution in [2.45, 2.75) is 19.4 Å². The van der Waals surface area contributed by atoms with Crippen LogP contribution in [-0.4, -0.2) is 40.9 Å². The van der Waals surface area contributed by atoms with E-state index in [1.54, 1.807) is 28.8 Å². The van der Waals surface area contributed by atoms with Gasteiger partial charge in [-0.15, -0.1) is 11.8 Å². The molecule has 2 aromatic carbocycles. The van der Waals surface area contributed by atoms with Gasteiger partial charge < -0.3 is 10.2 Å². The van der Waals surface area contributed by atoms with Crippen LogP contribution in [0.15, 0.2) is 54.6 Å². The van der Waals surface area contributed by atoms with Crippen LogP contribution in [0.2, 0.25) is 0 Å². The maximum absolute atomic E-state index is 12.6. The van der Waals surface area contributed by atoms with E-state index in [-0.39, 0.29) is 11.8 Å². The number of amides is 2. The fourth-order valence-electron chi connectivity index (χ4n) is 2.94. The van der Waals surface area contributed by atoms with Crippen molar-refractivity contribution in [3.05, 3.63) is 71.3 Å². The van der Waals surface area contributed by atoms with E-state index in [0.717, 1.165) is 6.42 Å². The van der Waals surface area contributed by atoms with Gasteiger partial charge in [0.05, 0.1) is 5.88 Å². The number of nitrogens with zero attached hydrogens (tertiary/aromatic N) is 1. The summed E-state index contributed by atoms with van der Waals surface area (Å²) in [6.07, 6.45) is 0.797. The third-order valence-corrected chi connectivity index (χ3v) is 5.43. The van der Waals surface area contributed by atoms with Gasteiger partial charge in [-0.3, -0.25) is 9.59 Å². The summed E-state index contributed by atoms with van der Waals surface area (Å²) in [6.45, 7) is 2.66. The van der Waals surface area contributed by atoms with Crippen LogP contribution in [0, 0.1) is 6.92 Å². The fourth-order valence-corrected chi connectivity index (χ4v) is 4.09. The lowest BCUT2D eigenvalue weighted by Crippen LogP contribution is -2.47. The van der Waals surface area contributed by atoms with Gasteiger partial charge in [-0.25, -0.2) is 0 Å². The zero-order valence-corrected chi connectivity index (χ0v) is 15.1. The number of hydrogen-bond acceptors (Lipinski definition) is 3. The van der Waals surface area contributed by atoms with Crippen molar-refractivity contribution in [1.29, 1.82) is 0 Å². The first-order valence-corrected chi connectivity index (χ1v) is 9.58. The molecule has 0 spiro atoms. The molecule has 2 amide bonds. The summed E-state index contributed by atoms with van der Waals surface area (Å²) in [5, 5.41) is 2.99. The molecule has 5 heteroatoms. The zero-order chi connectivity index (χ0) is 17.6. The molecule has 0 bridgehead atoms. The number of rotatable bonds is 5. The Kier molecular flexibility index (Phi) is 5.76. The lowest BCUT2D eigenvalue weighted by atomic mass is 10.1. The molecule has 25 heavy (non-hydrogen) atoms. The maximum Gasteiger partial charge on any atom is 0.255 e. The number of carbonyl (C=O) groups excluding carboxylic acids is 2. The van der Waals surface area contributed by atoms with Crippen LogP contribution in [0.25, 0.3) is 0 Å². The lowest BCUT2D eigenvalue weighted by molar-refractivity contribution is -0.124. The predicted octanol–water partition coefficient (Wildman–Crippen LogP) is 2.87. The second-order valence-corrected chi connectivity index (χ2v) is 7.12. The summed E-state index contributed by atoms with van der Waals surface area (Å²) in [5.74, 6) is 1.06. The number of carbonyl (C=O) groups is 2. The number of thioether (sulfide) groups is 1. The molecule has 1 heterocycles. The summed E-state index contributed by atoms with van der Waals surface area (Å²) in [7, 11) is 0. The van der Waals surface area contributed by atoms with Crippen LogP contribution in [0.3, 0.4) is 0 Å². The van der Waals surface area contributed by atoms with Crippen molar-refractivity contribution in [1.82, 2.24) is 10.2 Å². The van der Waals surface area contributed by atoms with Crippen molar-refractivity contribution in [3.8, 4) is 0 Å². The minimum Gasteiger partial charge on any atom is -0.354 e. The Hall–Kier alpha value is -2.27. The van der Waals surface area contributed by atoms with Crippen LogP contribution in [0.5, 0.6) is 0 Å². The Morgan fingerprint density at radius 1 is 1.12 bits per heavy atom. The van der Waals surface area contributed by atoms with Crippen molar-refractivity contribution in [3.63, 3.8) is 0 Å². The molecule has 0 aliphatic carbocycles. The normalized spacial score (nSPS) is 16.7. The van der Waals surface area contributed by atoms with Gasteiger partial charge in [-0.2, -0.15) is 0 Å². The number of aryl methyl sites for hydroxylation is 1. The molecule has 1 atom stereocenters.